The summed E-state index contributed by atoms with van der Waals surface area (Å²) in [7, 11) is 1.69. The molecule has 0 bridgehead atoms. The second-order valence-electron chi connectivity index (χ2n) is 1.19. The Bertz CT molecular complexity index is 28.9. The molecule has 0 saturated carbocycles. The van der Waals surface area contributed by atoms with Gasteiger partial charge in [-0.1, -0.05) is 0 Å². The Hall–Kier alpha value is 0.634. The van der Waals surface area contributed by atoms with Gasteiger partial charge in [-0.25, -0.2) is 0 Å². The van der Waals surface area contributed by atoms with Gasteiger partial charge >= 0.3 is 55.6 Å². The number of methoxy groups -OCH3 is 1. The fourth-order valence-electron chi connectivity index (χ4n) is 0.275. The SMILES string of the molecule is COCCC[O][Ti]. The van der Waals surface area contributed by atoms with E-state index in [1.165, 1.54) is 0 Å². The first-order valence-corrected chi connectivity index (χ1v) is 2.83. The molecule has 0 amide bonds. The van der Waals surface area contributed by atoms with Crippen molar-refractivity contribution < 1.29 is 28.9 Å². The molecular weight excluding hydrogens is 128 g/mol. The Morgan fingerprint density at radius 2 is 2.14 bits per heavy atom. The van der Waals surface area contributed by atoms with Gasteiger partial charge in [0.25, 0.3) is 0 Å². The Labute approximate surface area is 56.1 Å². The molecule has 0 atom stereocenters. The topological polar surface area (TPSA) is 18.5 Å². The Morgan fingerprint density at radius 1 is 1.43 bits per heavy atom. The zero-order valence-electron chi connectivity index (χ0n) is 4.44. The second kappa shape index (κ2) is 6.63. The number of ether oxygens (including phenoxy) is 1. The molecule has 0 fully saturated rings. The zero-order chi connectivity index (χ0) is 5.54. The van der Waals surface area contributed by atoms with Gasteiger partial charge in [-0.3, -0.25) is 0 Å². The molecule has 0 aliphatic rings. The van der Waals surface area contributed by atoms with E-state index in [0.29, 0.717) is 0 Å². The first-order valence-electron chi connectivity index (χ1n) is 2.19. The predicted octanol–water partition coefficient (Wildman–Crippen LogP) is 0.501. The minimum absolute atomic E-state index is 0.799. The van der Waals surface area contributed by atoms with Gasteiger partial charge in [0.1, 0.15) is 0 Å². The third kappa shape index (κ3) is 6.63. The van der Waals surface area contributed by atoms with E-state index in [9.17, 15) is 0 Å². The van der Waals surface area contributed by atoms with Gasteiger partial charge in [0.05, 0.1) is 0 Å². The molecule has 0 heterocycles. The van der Waals surface area contributed by atoms with Gasteiger partial charge in [-0.15, -0.1) is 0 Å². The van der Waals surface area contributed by atoms with E-state index >= 15 is 0 Å². The summed E-state index contributed by atoms with van der Waals surface area (Å²) in [4.78, 5) is 0. The number of hydrogen-bond acceptors (Lipinski definition) is 2. The summed E-state index contributed by atoms with van der Waals surface area (Å²) in [5.41, 5.74) is 0. The Kier molecular flexibility index (Phi) is 7.24. The summed E-state index contributed by atoms with van der Waals surface area (Å²) < 4.78 is 9.53. The monoisotopic (exact) mass is 137 g/mol. The van der Waals surface area contributed by atoms with Crippen molar-refractivity contribution in [1.29, 1.82) is 0 Å². The molecule has 41 valence electrons. The van der Waals surface area contributed by atoms with Crippen LogP contribution in [0.15, 0.2) is 0 Å². The average molecular weight is 137 g/mol. The first-order chi connectivity index (χ1) is 3.41. The number of hydrogen-bond donors (Lipinski definition) is 0. The van der Waals surface area contributed by atoms with Crippen LogP contribution in [-0.4, -0.2) is 20.3 Å². The molecule has 0 spiro atoms. The fourth-order valence-corrected chi connectivity index (χ4v) is 0.501. The molecule has 2 nitrogen and oxygen atoms in total. The van der Waals surface area contributed by atoms with Crippen molar-refractivity contribution in [2.75, 3.05) is 20.3 Å². The van der Waals surface area contributed by atoms with Crippen LogP contribution in [0.4, 0.5) is 0 Å². The van der Waals surface area contributed by atoms with Crippen LogP contribution in [0.3, 0.4) is 0 Å². The Balaban J connectivity index is 2.45. The summed E-state index contributed by atoms with van der Waals surface area (Å²) in [5.74, 6) is 0. The van der Waals surface area contributed by atoms with Gasteiger partial charge in [0.15, 0.2) is 0 Å². The predicted molar refractivity (Wildman–Crippen MR) is 22.4 cm³/mol. The van der Waals surface area contributed by atoms with Crippen LogP contribution in [-0.2, 0) is 28.9 Å². The van der Waals surface area contributed by atoms with Crippen molar-refractivity contribution >= 4 is 0 Å². The van der Waals surface area contributed by atoms with E-state index in [4.69, 9.17) is 8.06 Å². The third-order valence-corrected chi connectivity index (χ3v) is 0.914. The van der Waals surface area contributed by atoms with Crippen LogP contribution in [0, 0.1) is 0 Å². The van der Waals surface area contributed by atoms with E-state index in [0.717, 1.165) is 19.6 Å². The fraction of sp³-hybridized carbons (Fsp3) is 1.00. The Morgan fingerprint density at radius 3 is 2.57 bits per heavy atom. The maximum atomic E-state index is 4.76. The van der Waals surface area contributed by atoms with Crippen molar-refractivity contribution in [1.82, 2.24) is 0 Å². The molecule has 0 rings (SSSR count). The quantitative estimate of drug-likeness (QED) is 0.415. The minimum atomic E-state index is 0.799. The van der Waals surface area contributed by atoms with Crippen molar-refractivity contribution in [2.45, 2.75) is 6.42 Å². The van der Waals surface area contributed by atoms with Gasteiger partial charge in [-0.2, -0.15) is 0 Å². The molecule has 0 radical (unpaired) electrons. The molecule has 0 aromatic rings. The second-order valence-corrected chi connectivity index (χ2v) is 1.65. The van der Waals surface area contributed by atoms with Crippen molar-refractivity contribution in [3.63, 3.8) is 0 Å². The van der Waals surface area contributed by atoms with Gasteiger partial charge < -0.3 is 0 Å². The van der Waals surface area contributed by atoms with E-state index in [1.54, 1.807) is 27.9 Å². The van der Waals surface area contributed by atoms with E-state index < -0.39 is 0 Å². The molecule has 0 saturated heterocycles. The van der Waals surface area contributed by atoms with Crippen LogP contribution in [0.1, 0.15) is 6.42 Å². The molecular formula is C4H9O2Ti. The summed E-state index contributed by atoms with van der Waals surface area (Å²) in [6, 6.07) is 0. The number of rotatable bonds is 4. The summed E-state index contributed by atoms with van der Waals surface area (Å²) in [6.07, 6.45) is 0.993. The molecule has 0 aromatic heterocycles. The van der Waals surface area contributed by atoms with Crippen molar-refractivity contribution in [3.8, 4) is 0 Å². The van der Waals surface area contributed by atoms with E-state index in [-0.39, 0.29) is 0 Å². The molecule has 0 unspecified atom stereocenters. The molecule has 7 heavy (non-hydrogen) atoms. The van der Waals surface area contributed by atoms with Crippen LogP contribution >= 0.6 is 0 Å². The summed E-state index contributed by atoms with van der Waals surface area (Å²) in [5, 5.41) is 0. The van der Waals surface area contributed by atoms with Crippen LogP contribution in [0.5, 0.6) is 0 Å². The van der Waals surface area contributed by atoms with Crippen LogP contribution in [0.25, 0.3) is 0 Å². The molecule has 0 aromatic carbocycles. The van der Waals surface area contributed by atoms with Crippen LogP contribution < -0.4 is 0 Å². The van der Waals surface area contributed by atoms with Crippen molar-refractivity contribution in [2.24, 2.45) is 0 Å². The molecule has 3 heteroatoms. The zero-order valence-corrected chi connectivity index (χ0v) is 6.00. The maximum absolute atomic E-state index is 4.76. The summed E-state index contributed by atoms with van der Waals surface area (Å²) >= 11 is 1.69. The standard InChI is InChI=1S/C4H9O2.Ti/c1-6-4-2-3-5;/h2-4H2,1H3;/q-1;+1. The first kappa shape index (κ1) is 7.63. The molecule has 0 aliphatic heterocycles. The molecule has 0 N–H and O–H groups in total. The normalized spacial score (nSPS) is 9.14. The van der Waals surface area contributed by atoms with Crippen molar-refractivity contribution in [3.05, 3.63) is 0 Å². The van der Waals surface area contributed by atoms with E-state index in [2.05, 4.69) is 0 Å². The van der Waals surface area contributed by atoms with E-state index in [1.807, 2.05) is 0 Å². The van der Waals surface area contributed by atoms with Gasteiger partial charge in [0, 0.05) is 0 Å². The summed E-state index contributed by atoms with van der Waals surface area (Å²) in [6.45, 7) is 1.60. The van der Waals surface area contributed by atoms with Gasteiger partial charge in [0.2, 0.25) is 0 Å². The molecule has 0 aliphatic carbocycles. The van der Waals surface area contributed by atoms with Crippen LogP contribution in [0.2, 0.25) is 0 Å². The average Bonchev–Trinajstić information content (AvgIpc) is 1.69. The van der Waals surface area contributed by atoms with Gasteiger partial charge in [-0.05, 0) is 0 Å². The third-order valence-electron chi connectivity index (χ3n) is 0.595.